The maximum Gasteiger partial charge on any atom is 0.262 e. The smallest absolute Gasteiger partial charge is 0.262 e. The number of amides is 1. The number of pyridine rings is 1. The second-order valence-electron chi connectivity index (χ2n) is 6.39. The molecule has 0 fully saturated rings. The molecule has 0 spiro atoms. The lowest BCUT2D eigenvalue weighted by molar-refractivity contribution is -0.136. The van der Waals surface area contributed by atoms with Crippen LogP contribution < -0.4 is 5.32 Å². The molecule has 0 radical (unpaired) electrons. The quantitative estimate of drug-likeness (QED) is 0.895. The van der Waals surface area contributed by atoms with Gasteiger partial charge in [0.25, 0.3) is 5.91 Å². The predicted octanol–water partition coefficient (Wildman–Crippen LogP) is 2.84. The van der Waals surface area contributed by atoms with Crippen LogP contribution in [-0.4, -0.2) is 16.0 Å². The lowest BCUT2D eigenvalue weighted by Crippen LogP contribution is -2.47. The monoisotopic (exact) mass is 350 g/mol. The predicted molar refractivity (Wildman–Crippen MR) is 84.0 cm³/mol. The van der Waals surface area contributed by atoms with Crippen LogP contribution in [0.4, 0.5) is 13.2 Å². The van der Waals surface area contributed by atoms with E-state index in [0.717, 1.165) is 6.07 Å². The van der Waals surface area contributed by atoms with Crippen LogP contribution in [0.2, 0.25) is 0 Å². The number of hydrogen-bond acceptors (Lipinski definition) is 3. The van der Waals surface area contributed by atoms with Crippen molar-refractivity contribution in [2.24, 2.45) is 0 Å². The highest BCUT2D eigenvalue weighted by molar-refractivity contribution is 5.87. The Hall–Kier alpha value is -2.41. The first-order valence-corrected chi connectivity index (χ1v) is 7.83. The van der Waals surface area contributed by atoms with Crippen molar-refractivity contribution in [2.75, 3.05) is 0 Å². The molecule has 1 aromatic carbocycles. The normalized spacial score (nSPS) is 25.3. The third-order valence-electron chi connectivity index (χ3n) is 4.52. The Kier molecular flexibility index (Phi) is 4.28. The zero-order valence-electron chi connectivity index (χ0n) is 13.5. The molecule has 1 aromatic heterocycles. The fourth-order valence-electron chi connectivity index (χ4n) is 3.04. The van der Waals surface area contributed by atoms with Crippen molar-refractivity contribution in [1.29, 1.82) is 0 Å². The summed E-state index contributed by atoms with van der Waals surface area (Å²) in [7, 11) is 0. The van der Waals surface area contributed by atoms with Gasteiger partial charge in [0, 0.05) is 29.9 Å². The fraction of sp³-hybridized carbons (Fsp3) is 0.333. The third-order valence-corrected chi connectivity index (χ3v) is 4.52. The minimum Gasteiger partial charge on any atom is -0.384 e. The molecular formula is C18H17F3N2O2. The standard InChI is InChI=1S/C18H17F3N2O2/c1-17(25)6-7-18(21,13-3-2-8-22-15(13)17)16(24)23-10-11-4-5-12(19)9-14(11)20/h2-5,8-9,25H,6-7,10H2,1H3,(H,23,24). The van der Waals surface area contributed by atoms with Crippen LogP contribution >= 0.6 is 0 Å². The lowest BCUT2D eigenvalue weighted by Gasteiger charge is -2.37. The maximum absolute atomic E-state index is 15.5. The molecule has 1 heterocycles. The molecule has 0 saturated carbocycles. The van der Waals surface area contributed by atoms with Crippen LogP contribution in [0.5, 0.6) is 0 Å². The Morgan fingerprint density at radius 1 is 1.32 bits per heavy atom. The largest absolute Gasteiger partial charge is 0.384 e. The van der Waals surface area contributed by atoms with E-state index in [1.54, 1.807) is 0 Å². The van der Waals surface area contributed by atoms with E-state index in [0.29, 0.717) is 6.07 Å². The number of carbonyl (C=O) groups is 1. The molecular weight excluding hydrogens is 333 g/mol. The molecule has 0 saturated heterocycles. The summed E-state index contributed by atoms with van der Waals surface area (Å²) in [5.41, 5.74) is -3.53. The summed E-state index contributed by atoms with van der Waals surface area (Å²) in [6.07, 6.45) is 1.22. The maximum atomic E-state index is 15.5. The van der Waals surface area contributed by atoms with Gasteiger partial charge in [-0.05, 0) is 31.9 Å². The second-order valence-corrected chi connectivity index (χ2v) is 6.39. The number of alkyl halides is 1. The summed E-state index contributed by atoms with van der Waals surface area (Å²) in [6, 6.07) is 5.85. The van der Waals surface area contributed by atoms with Crippen LogP contribution in [0.15, 0.2) is 36.5 Å². The van der Waals surface area contributed by atoms with Crippen molar-refractivity contribution in [2.45, 2.75) is 37.6 Å². The van der Waals surface area contributed by atoms with E-state index in [9.17, 15) is 18.7 Å². The van der Waals surface area contributed by atoms with Crippen molar-refractivity contribution < 1.29 is 23.1 Å². The molecule has 4 nitrogen and oxygen atoms in total. The van der Waals surface area contributed by atoms with Gasteiger partial charge < -0.3 is 10.4 Å². The lowest BCUT2D eigenvalue weighted by atomic mass is 9.75. The Bertz CT molecular complexity index is 826. The van der Waals surface area contributed by atoms with Gasteiger partial charge in [-0.25, -0.2) is 13.2 Å². The van der Waals surface area contributed by atoms with Crippen LogP contribution in [0, 0.1) is 11.6 Å². The molecule has 2 atom stereocenters. The van der Waals surface area contributed by atoms with E-state index in [1.807, 2.05) is 0 Å². The number of halogens is 3. The molecule has 132 valence electrons. The number of fused-ring (bicyclic) bond motifs is 1. The first-order chi connectivity index (χ1) is 11.7. The Labute approximate surface area is 142 Å². The number of aliphatic hydroxyl groups is 1. The van der Waals surface area contributed by atoms with Gasteiger partial charge in [-0.15, -0.1) is 0 Å². The molecule has 2 aromatic rings. The molecule has 1 aliphatic carbocycles. The number of nitrogens with zero attached hydrogens (tertiary/aromatic N) is 1. The molecule has 2 unspecified atom stereocenters. The zero-order chi connectivity index (χ0) is 18.2. The zero-order valence-corrected chi connectivity index (χ0v) is 13.5. The summed E-state index contributed by atoms with van der Waals surface area (Å²) >= 11 is 0. The first-order valence-electron chi connectivity index (χ1n) is 7.83. The molecule has 25 heavy (non-hydrogen) atoms. The summed E-state index contributed by atoms with van der Waals surface area (Å²) in [5, 5.41) is 12.7. The van der Waals surface area contributed by atoms with Gasteiger partial charge in [-0.1, -0.05) is 12.1 Å². The summed E-state index contributed by atoms with van der Waals surface area (Å²) in [4.78, 5) is 16.5. The molecule has 7 heteroatoms. The topological polar surface area (TPSA) is 62.2 Å². The molecule has 3 rings (SSSR count). The number of hydrogen-bond donors (Lipinski definition) is 2. The third kappa shape index (κ3) is 3.11. The van der Waals surface area contributed by atoms with Crippen molar-refractivity contribution >= 4 is 5.91 Å². The van der Waals surface area contributed by atoms with E-state index in [1.165, 1.54) is 31.3 Å². The fourth-order valence-corrected chi connectivity index (χ4v) is 3.04. The molecule has 1 amide bonds. The Morgan fingerprint density at radius 2 is 2.08 bits per heavy atom. The molecule has 1 aliphatic rings. The van der Waals surface area contributed by atoms with Crippen LogP contribution in [0.25, 0.3) is 0 Å². The molecule has 0 aliphatic heterocycles. The Morgan fingerprint density at radius 3 is 2.80 bits per heavy atom. The molecule has 2 N–H and O–H groups in total. The highest BCUT2D eigenvalue weighted by Gasteiger charge is 2.50. The van der Waals surface area contributed by atoms with E-state index < -0.39 is 28.8 Å². The summed E-state index contributed by atoms with van der Waals surface area (Å²) in [5.74, 6) is -2.49. The average molecular weight is 350 g/mol. The van der Waals surface area contributed by atoms with Crippen LogP contribution in [0.3, 0.4) is 0 Å². The highest BCUT2D eigenvalue weighted by Crippen LogP contribution is 2.45. The number of benzene rings is 1. The van der Waals surface area contributed by atoms with E-state index in [2.05, 4.69) is 10.3 Å². The van der Waals surface area contributed by atoms with Gasteiger partial charge >= 0.3 is 0 Å². The number of carbonyl (C=O) groups excluding carboxylic acids is 1. The van der Waals surface area contributed by atoms with Crippen molar-refractivity contribution in [1.82, 2.24) is 10.3 Å². The van der Waals surface area contributed by atoms with Crippen molar-refractivity contribution in [3.63, 3.8) is 0 Å². The van der Waals surface area contributed by atoms with E-state index in [4.69, 9.17) is 0 Å². The van der Waals surface area contributed by atoms with Gasteiger partial charge in [-0.3, -0.25) is 9.78 Å². The van der Waals surface area contributed by atoms with Gasteiger partial charge in [0.1, 0.15) is 17.2 Å². The van der Waals surface area contributed by atoms with Gasteiger partial charge in [0.15, 0.2) is 0 Å². The Balaban J connectivity index is 1.84. The second kappa shape index (κ2) is 6.15. The van der Waals surface area contributed by atoms with Crippen molar-refractivity contribution in [3.05, 3.63) is 65.0 Å². The minimum absolute atomic E-state index is 0.00308. The average Bonchev–Trinajstić information content (AvgIpc) is 2.58. The van der Waals surface area contributed by atoms with Crippen molar-refractivity contribution in [3.8, 4) is 0 Å². The number of nitrogens with one attached hydrogen (secondary N) is 1. The van der Waals surface area contributed by atoms with Crippen LogP contribution in [0.1, 0.15) is 36.6 Å². The van der Waals surface area contributed by atoms with Gasteiger partial charge in [0.05, 0.1) is 5.69 Å². The number of rotatable bonds is 3. The highest BCUT2D eigenvalue weighted by atomic mass is 19.1. The summed E-state index contributed by atoms with van der Waals surface area (Å²) < 4.78 is 42.0. The molecule has 0 bridgehead atoms. The first kappa shape index (κ1) is 17.4. The van der Waals surface area contributed by atoms with Gasteiger partial charge in [0.2, 0.25) is 5.67 Å². The van der Waals surface area contributed by atoms with Crippen LogP contribution in [-0.2, 0) is 22.6 Å². The summed E-state index contributed by atoms with van der Waals surface area (Å²) in [6.45, 7) is 1.24. The number of aromatic nitrogens is 1. The van der Waals surface area contributed by atoms with Gasteiger partial charge in [-0.2, -0.15) is 0 Å². The van der Waals surface area contributed by atoms with E-state index >= 15 is 4.39 Å². The minimum atomic E-state index is -2.37. The van der Waals surface area contributed by atoms with E-state index in [-0.39, 0.29) is 36.2 Å². The SMILES string of the molecule is CC1(O)CCC(F)(C(=O)NCc2ccc(F)cc2F)c2cccnc21.